The smallest absolute Gasteiger partial charge is 0.255 e. The number of aromatic nitrogens is 4. The SMILES string of the molecule is CN(C)c1ncc(C(=O)NCCCn2ccc3ccccc32)c(-c2cccnc2)n1. The van der Waals surface area contributed by atoms with Crippen molar-refractivity contribution in [3.8, 4) is 11.3 Å². The lowest BCUT2D eigenvalue weighted by molar-refractivity contribution is 0.0953. The summed E-state index contributed by atoms with van der Waals surface area (Å²) in [5.41, 5.74) is 3.01. The van der Waals surface area contributed by atoms with E-state index in [1.165, 1.54) is 10.9 Å². The highest BCUT2D eigenvalue weighted by molar-refractivity contribution is 5.99. The third-order valence-electron chi connectivity index (χ3n) is 4.90. The van der Waals surface area contributed by atoms with E-state index in [0.29, 0.717) is 23.8 Å². The fourth-order valence-electron chi connectivity index (χ4n) is 3.36. The van der Waals surface area contributed by atoms with Gasteiger partial charge in [0.25, 0.3) is 5.91 Å². The van der Waals surface area contributed by atoms with E-state index in [9.17, 15) is 4.79 Å². The first-order chi connectivity index (χ1) is 14.6. The van der Waals surface area contributed by atoms with Gasteiger partial charge in [-0.2, -0.15) is 0 Å². The second-order valence-electron chi connectivity index (χ2n) is 7.25. The third-order valence-corrected chi connectivity index (χ3v) is 4.90. The van der Waals surface area contributed by atoms with Crippen molar-refractivity contribution >= 4 is 22.8 Å². The average Bonchev–Trinajstić information content (AvgIpc) is 3.20. The highest BCUT2D eigenvalue weighted by Crippen LogP contribution is 2.22. The Morgan fingerprint density at radius 3 is 2.77 bits per heavy atom. The highest BCUT2D eigenvalue weighted by Gasteiger charge is 2.17. The fourth-order valence-corrected chi connectivity index (χ4v) is 3.36. The standard InChI is InChI=1S/C23H24N6O/c1-28(2)23-26-16-19(21(27-23)18-8-5-11-24-15-18)22(30)25-12-6-13-29-14-10-17-7-3-4-9-20(17)29/h3-5,7-11,14-16H,6,12-13H2,1-2H3,(H,25,30). The lowest BCUT2D eigenvalue weighted by atomic mass is 10.1. The molecular weight excluding hydrogens is 376 g/mol. The zero-order chi connectivity index (χ0) is 20.9. The summed E-state index contributed by atoms with van der Waals surface area (Å²) in [5.74, 6) is 0.362. The number of aryl methyl sites for hydroxylation is 1. The number of anilines is 1. The monoisotopic (exact) mass is 400 g/mol. The van der Waals surface area contributed by atoms with Crippen LogP contribution in [0.25, 0.3) is 22.2 Å². The summed E-state index contributed by atoms with van der Waals surface area (Å²) in [6.07, 6.45) is 7.89. The molecule has 0 saturated heterocycles. The quantitative estimate of drug-likeness (QED) is 0.481. The molecule has 0 bridgehead atoms. The lowest BCUT2D eigenvalue weighted by Crippen LogP contribution is -2.26. The Morgan fingerprint density at radius 2 is 1.97 bits per heavy atom. The molecule has 152 valence electrons. The van der Waals surface area contributed by atoms with Crippen LogP contribution in [0, 0.1) is 0 Å². The number of para-hydroxylation sites is 1. The van der Waals surface area contributed by atoms with Crippen LogP contribution >= 0.6 is 0 Å². The summed E-state index contributed by atoms with van der Waals surface area (Å²) in [5, 5.41) is 4.22. The number of hydrogen-bond acceptors (Lipinski definition) is 5. The minimum atomic E-state index is -0.184. The van der Waals surface area contributed by atoms with Crippen LogP contribution in [0.5, 0.6) is 0 Å². The molecule has 0 aliphatic heterocycles. The normalized spacial score (nSPS) is 10.9. The zero-order valence-corrected chi connectivity index (χ0v) is 17.1. The van der Waals surface area contributed by atoms with Crippen molar-refractivity contribution in [1.82, 2.24) is 24.8 Å². The van der Waals surface area contributed by atoms with Crippen molar-refractivity contribution in [2.75, 3.05) is 25.5 Å². The minimum absolute atomic E-state index is 0.184. The molecule has 0 atom stereocenters. The van der Waals surface area contributed by atoms with Crippen LogP contribution in [-0.4, -0.2) is 46.1 Å². The molecule has 0 aliphatic carbocycles. The first-order valence-electron chi connectivity index (χ1n) is 9.90. The molecule has 3 heterocycles. The van der Waals surface area contributed by atoms with Gasteiger partial charge in [-0.15, -0.1) is 0 Å². The van der Waals surface area contributed by atoms with Gasteiger partial charge in [-0.05, 0) is 36.1 Å². The molecule has 3 aromatic heterocycles. The van der Waals surface area contributed by atoms with Crippen molar-refractivity contribution in [2.24, 2.45) is 0 Å². The zero-order valence-electron chi connectivity index (χ0n) is 17.1. The Kier molecular flexibility index (Phi) is 5.70. The summed E-state index contributed by atoms with van der Waals surface area (Å²) in [6.45, 7) is 1.40. The van der Waals surface area contributed by atoms with Gasteiger partial charge in [0.2, 0.25) is 5.95 Å². The molecule has 0 fully saturated rings. The minimum Gasteiger partial charge on any atom is -0.352 e. The van der Waals surface area contributed by atoms with Crippen LogP contribution in [0.15, 0.2) is 67.3 Å². The number of fused-ring (bicyclic) bond motifs is 1. The molecule has 4 rings (SSSR count). The number of nitrogens with one attached hydrogen (secondary N) is 1. The first kappa shape index (κ1) is 19.6. The van der Waals surface area contributed by atoms with Crippen LogP contribution in [-0.2, 0) is 6.54 Å². The van der Waals surface area contributed by atoms with E-state index in [2.05, 4.69) is 49.2 Å². The average molecular weight is 400 g/mol. The molecule has 1 aromatic carbocycles. The summed E-state index contributed by atoms with van der Waals surface area (Å²) in [7, 11) is 3.74. The molecule has 0 saturated carbocycles. The molecule has 7 heteroatoms. The van der Waals surface area contributed by atoms with E-state index in [1.807, 2.05) is 43.3 Å². The topological polar surface area (TPSA) is 75.9 Å². The van der Waals surface area contributed by atoms with E-state index < -0.39 is 0 Å². The predicted molar refractivity (Wildman–Crippen MR) is 118 cm³/mol. The molecule has 7 nitrogen and oxygen atoms in total. The van der Waals surface area contributed by atoms with Gasteiger partial charge in [-0.25, -0.2) is 9.97 Å². The predicted octanol–water partition coefficient (Wildman–Crippen LogP) is 3.38. The van der Waals surface area contributed by atoms with Gasteiger partial charge in [-0.1, -0.05) is 18.2 Å². The molecule has 0 unspecified atom stereocenters. The van der Waals surface area contributed by atoms with Gasteiger partial charge in [0.05, 0.1) is 11.3 Å². The van der Waals surface area contributed by atoms with E-state index in [4.69, 9.17) is 0 Å². The summed E-state index contributed by atoms with van der Waals surface area (Å²) in [6, 6.07) is 14.1. The van der Waals surface area contributed by atoms with Gasteiger partial charge in [0.15, 0.2) is 0 Å². The number of hydrogen-bond donors (Lipinski definition) is 1. The summed E-state index contributed by atoms with van der Waals surface area (Å²) >= 11 is 0. The highest BCUT2D eigenvalue weighted by atomic mass is 16.1. The second-order valence-corrected chi connectivity index (χ2v) is 7.25. The maximum Gasteiger partial charge on any atom is 0.255 e. The number of benzene rings is 1. The Bertz CT molecular complexity index is 1150. The van der Waals surface area contributed by atoms with Crippen LogP contribution in [0.3, 0.4) is 0 Å². The number of carbonyl (C=O) groups is 1. The van der Waals surface area contributed by atoms with Gasteiger partial charge < -0.3 is 14.8 Å². The Morgan fingerprint density at radius 1 is 1.10 bits per heavy atom. The Balaban J connectivity index is 1.45. The second kappa shape index (κ2) is 8.73. The molecule has 4 aromatic rings. The number of amides is 1. The van der Waals surface area contributed by atoms with Gasteiger partial charge in [0, 0.05) is 63.1 Å². The van der Waals surface area contributed by atoms with Gasteiger partial charge in [-0.3, -0.25) is 9.78 Å². The van der Waals surface area contributed by atoms with E-state index in [0.717, 1.165) is 18.5 Å². The van der Waals surface area contributed by atoms with Gasteiger partial charge in [0.1, 0.15) is 0 Å². The third kappa shape index (κ3) is 4.15. The lowest BCUT2D eigenvalue weighted by Gasteiger charge is -2.14. The maximum atomic E-state index is 12.9. The van der Waals surface area contributed by atoms with Crippen molar-refractivity contribution in [3.63, 3.8) is 0 Å². The summed E-state index contributed by atoms with van der Waals surface area (Å²) < 4.78 is 2.21. The number of nitrogens with zero attached hydrogens (tertiary/aromatic N) is 5. The van der Waals surface area contributed by atoms with E-state index in [1.54, 1.807) is 18.6 Å². The molecular formula is C23H24N6O. The van der Waals surface area contributed by atoms with Crippen molar-refractivity contribution < 1.29 is 4.79 Å². The Hall–Kier alpha value is -3.74. The Labute approximate surface area is 175 Å². The maximum absolute atomic E-state index is 12.9. The molecule has 0 radical (unpaired) electrons. The largest absolute Gasteiger partial charge is 0.352 e. The molecule has 0 aliphatic rings. The van der Waals surface area contributed by atoms with Crippen LogP contribution in [0.4, 0.5) is 5.95 Å². The molecule has 0 spiro atoms. The van der Waals surface area contributed by atoms with Gasteiger partial charge >= 0.3 is 0 Å². The molecule has 1 N–H and O–H groups in total. The van der Waals surface area contributed by atoms with Crippen LogP contribution < -0.4 is 10.2 Å². The van der Waals surface area contributed by atoms with Crippen LogP contribution in [0.1, 0.15) is 16.8 Å². The molecule has 30 heavy (non-hydrogen) atoms. The van der Waals surface area contributed by atoms with Crippen LogP contribution in [0.2, 0.25) is 0 Å². The number of rotatable bonds is 7. The van der Waals surface area contributed by atoms with Crippen molar-refractivity contribution in [1.29, 1.82) is 0 Å². The van der Waals surface area contributed by atoms with Crippen molar-refractivity contribution in [3.05, 3.63) is 72.8 Å². The summed E-state index contributed by atoms with van der Waals surface area (Å²) in [4.78, 5) is 27.7. The first-order valence-corrected chi connectivity index (χ1v) is 9.90. The van der Waals surface area contributed by atoms with Crippen molar-refractivity contribution in [2.45, 2.75) is 13.0 Å². The van der Waals surface area contributed by atoms with E-state index in [-0.39, 0.29) is 5.91 Å². The fraction of sp³-hybridized carbons (Fsp3) is 0.217. The molecule has 1 amide bonds. The van der Waals surface area contributed by atoms with E-state index >= 15 is 0 Å². The number of carbonyl (C=O) groups excluding carboxylic acids is 1. The number of pyridine rings is 1.